The molecule has 2 aromatic carbocycles. The van der Waals surface area contributed by atoms with E-state index in [1.807, 2.05) is 23.5 Å². The Bertz CT molecular complexity index is 1370. The molecule has 36 heavy (non-hydrogen) atoms. The highest BCUT2D eigenvalue weighted by molar-refractivity contribution is 5.86. The molecule has 0 bridgehead atoms. The maximum atomic E-state index is 14.5. The summed E-state index contributed by atoms with van der Waals surface area (Å²) in [5.41, 5.74) is 8.47. The fourth-order valence-electron chi connectivity index (χ4n) is 4.80. The monoisotopic (exact) mass is 492 g/mol. The van der Waals surface area contributed by atoms with Gasteiger partial charge in [-0.3, -0.25) is 4.40 Å². The molecule has 1 aliphatic carbocycles. The number of aliphatic hydroxyl groups is 1. The van der Waals surface area contributed by atoms with Crippen LogP contribution in [0.4, 0.5) is 10.2 Å². The minimum atomic E-state index is -0.564. The summed E-state index contributed by atoms with van der Waals surface area (Å²) in [5.74, 6) is 1.84. The standard InChI is InChI=1S/C27H29FN4O4/c1-3-35-22-15-30-26(29)25-24(31-27(32(22)25)17-6-4-7-18(33)14-17)16-10-12-19(13-11-16)36-21-9-5-8-20(34-2)23(21)28/h5,8-13,15,17-18,33H,3-4,6-7,14H2,1-2H3,(H2,29,30). The van der Waals surface area contributed by atoms with Gasteiger partial charge in [-0.1, -0.05) is 12.5 Å². The van der Waals surface area contributed by atoms with Gasteiger partial charge in [-0.05, 0) is 62.6 Å². The van der Waals surface area contributed by atoms with Crippen molar-refractivity contribution in [3.05, 3.63) is 60.3 Å². The number of hydrogen-bond donors (Lipinski definition) is 2. The number of imidazole rings is 1. The van der Waals surface area contributed by atoms with Crippen molar-refractivity contribution in [2.45, 2.75) is 44.6 Å². The first kappa shape index (κ1) is 23.9. The topological polar surface area (TPSA) is 104 Å². The van der Waals surface area contributed by atoms with Crippen LogP contribution in [-0.2, 0) is 0 Å². The van der Waals surface area contributed by atoms with E-state index in [1.54, 1.807) is 30.5 Å². The molecule has 0 aliphatic heterocycles. The van der Waals surface area contributed by atoms with E-state index in [9.17, 15) is 9.50 Å². The van der Waals surface area contributed by atoms with Gasteiger partial charge in [0.2, 0.25) is 11.7 Å². The molecule has 1 aliphatic rings. The lowest BCUT2D eigenvalue weighted by molar-refractivity contribution is 0.117. The van der Waals surface area contributed by atoms with Crippen LogP contribution in [0, 0.1) is 5.82 Å². The second-order valence-electron chi connectivity index (χ2n) is 8.83. The van der Waals surface area contributed by atoms with Crippen LogP contribution < -0.4 is 19.9 Å². The lowest BCUT2D eigenvalue weighted by Gasteiger charge is -2.25. The normalized spacial score (nSPS) is 17.8. The molecule has 188 valence electrons. The summed E-state index contributed by atoms with van der Waals surface area (Å²) in [6.07, 6.45) is 4.52. The van der Waals surface area contributed by atoms with E-state index in [0.717, 1.165) is 30.7 Å². The van der Waals surface area contributed by atoms with Crippen molar-refractivity contribution in [3.63, 3.8) is 0 Å². The van der Waals surface area contributed by atoms with Crippen LogP contribution >= 0.6 is 0 Å². The highest BCUT2D eigenvalue weighted by Gasteiger charge is 2.29. The van der Waals surface area contributed by atoms with Crippen molar-refractivity contribution < 1.29 is 23.7 Å². The zero-order valence-electron chi connectivity index (χ0n) is 20.3. The number of aliphatic hydroxyl groups excluding tert-OH is 1. The molecule has 0 amide bonds. The van der Waals surface area contributed by atoms with Crippen LogP contribution in [-0.4, -0.2) is 39.3 Å². The Morgan fingerprint density at radius 1 is 1.14 bits per heavy atom. The van der Waals surface area contributed by atoms with Gasteiger partial charge in [0.15, 0.2) is 11.5 Å². The lowest BCUT2D eigenvalue weighted by Crippen LogP contribution is -2.20. The van der Waals surface area contributed by atoms with E-state index in [-0.39, 0.29) is 23.5 Å². The van der Waals surface area contributed by atoms with Crippen LogP contribution in [0.25, 0.3) is 16.8 Å². The van der Waals surface area contributed by atoms with Gasteiger partial charge in [-0.25, -0.2) is 9.97 Å². The van der Waals surface area contributed by atoms with Crippen molar-refractivity contribution >= 4 is 11.3 Å². The van der Waals surface area contributed by atoms with Crippen LogP contribution in [0.3, 0.4) is 0 Å². The number of hydrogen-bond acceptors (Lipinski definition) is 7. The average molecular weight is 493 g/mol. The summed E-state index contributed by atoms with van der Waals surface area (Å²) >= 11 is 0. The fourth-order valence-corrected chi connectivity index (χ4v) is 4.80. The molecule has 4 aromatic rings. The quantitative estimate of drug-likeness (QED) is 0.359. The maximum absolute atomic E-state index is 14.5. The van der Waals surface area contributed by atoms with Gasteiger partial charge in [0.1, 0.15) is 28.6 Å². The molecule has 5 rings (SSSR count). The molecular formula is C27H29FN4O4. The molecule has 0 radical (unpaired) electrons. The summed E-state index contributed by atoms with van der Waals surface area (Å²) in [4.78, 5) is 9.36. The van der Waals surface area contributed by atoms with Gasteiger partial charge in [0.05, 0.1) is 26.0 Å². The molecule has 3 N–H and O–H groups in total. The number of nitrogens with two attached hydrogens (primary N) is 1. The van der Waals surface area contributed by atoms with Gasteiger partial charge in [-0.15, -0.1) is 0 Å². The number of anilines is 1. The summed E-state index contributed by atoms with van der Waals surface area (Å²) in [5, 5.41) is 10.3. The van der Waals surface area contributed by atoms with Gasteiger partial charge in [0.25, 0.3) is 0 Å². The third kappa shape index (κ3) is 4.42. The molecule has 9 heteroatoms. The van der Waals surface area contributed by atoms with Crippen molar-refractivity contribution in [2.24, 2.45) is 0 Å². The lowest BCUT2D eigenvalue weighted by atomic mass is 9.87. The zero-order chi connectivity index (χ0) is 25.2. The van der Waals surface area contributed by atoms with Crippen molar-refractivity contribution in [3.8, 4) is 34.4 Å². The second kappa shape index (κ2) is 10.0. The van der Waals surface area contributed by atoms with Crippen LogP contribution in [0.1, 0.15) is 44.3 Å². The van der Waals surface area contributed by atoms with Crippen LogP contribution in [0.15, 0.2) is 48.7 Å². The number of rotatable bonds is 7. The highest BCUT2D eigenvalue weighted by atomic mass is 19.1. The minimum absolute atomic E-state index is 0.0645. The van der Waals surface area contributed by atoms with Crippen molar-refractivity contribution in [1.29, 1.82) is 0 Å². The molecule has 2 atom stereocenters. The number of ether oxygens (including phenoxy) is 3. The van der Waals surface area contributed by atoms with Gasteiger partial charge in [0, 0.05) is 11.5 Å². The molecule has 2 heterocycles. The molecule has 8 nitrogen and oxygen atoms in total. The Hall–Kier alpha value is -3.85. The Morgan fingerprint density at radius 2 is 1.92 bits per heavy atom. The van der Waals surface area contributed by atoms with Gasteiger partial charge >= 0.3 is 0 Å². The Balaban J connectivity index is 1.55. The second-order valence-corrected chi connectivity index (χ2v) is 8.83. The first-order valence-corrected chi connectivity index (χ1v) is 12.1. The molecule has 2 unspecified atom stereocenters. The van der Waals surface area contributed by atoms with Crippen LogP contribution in [0.2, 0.25) is 0 Å². The van der Waals surface area contributed by atoms with Gasteiger partial charge < -0.3 is 25.1 Å². The van der Waals surface area contributed by atoms with Gasteiger partial charge in [-0.2, -0.15) is 4.39 Å². The first-order valence-electron chi connectivity index (χ1n) is 12.1. The third-order valence-electron chi connectivity index (χ3n) is 6.49. The van der Waals surface area contributed by atoms with E-state index in [4.69, 9.17) is 24.9 Å². The molecule has 1 saturated carbocycles. The van der Waals surface area contributed by atoms with E-state index in [1.165, 1.54) is 13.2 Å². The number of methoxy groups -OCH3 is 1. The minimum Gasteiger partial charge on any atom is -0.494 e. The number of nitrogens with zero attached hydrogens (tertiary/aromatic N) is 3. The highest BCUT2D eigenvalue weighted by Crippen LogP contribution is 2.39. The predicted molar refractivity (Wildman–Crippen MR) is 134 cm³/mol. The number of benzene rings is 2. The Kier molecular flexibility index (Phi) is 6.65. The largest absolute Gasteiger partial charge is 0.494 e. The van der Waals surface area contributed by atoms with E-state index in [2.05, 4.69) is 4.98 Å². The SMILES string of the molecule is CCOc1cnc(N)c2c(-c3ccc(Oc4cccc(OC)c4F)cc3)nc(C3CCCC(O)C3)n12. The van der Waals surface area contributed by atoms with E-state index >= 15 is 0 Å². The van der Waals surface area contributed by atoms with Crippen molar-refractivity contribution in [2.75, 3.05) is 19.5 Å². The molecule has 2 aromatic heterocycles. The maximum Gasteiger partial charge on any atom is 0.218 e. The molecule has 0 saturated heterocycles. The van der Waals surface area contributed by atoms with E-state index in [0.29, 0.717) is 41.7 Å². The third-order valence-corrected chi connectivity index (χ3v) is 6.49. The van der Waals surface area contributed by atoms with Crippen LogP contribution in [0.5, 0.6) is 23.1 Å². The molecule has 1 fully saturated rings. The Labute approximate surface area is 208 Å². The number of fused-ring (bicyclic) bond motifs is 1. The summed E-state index contributed by atoms with van der Waals surface area (Å²) in [6.45, 7) is 2.38. The summed E-state index contributed by atoms with van der Waals surface area (Å²) in [7, 11) is 1.41. The fraction of sp³-hybridized carbons (Fsp3) is 0.333. The Morgan fingerprint density at radius 3 is 2.64 bits per heavy atom. The predicted octanol–water partition coefficient (Wildman–Crippen LogP) is 5.34. The van der Waals surface area contributed by atoms with Crippen molar-refractivity contribution in [1.82, 2.24) is 14.4 Å². The summed E-state index contributed by atoms with van der Waals surface area (Å²) < 4.78 is 33.1. The smallest absolute Gasteiger partial charge is 0.218 e. The molecular weight excluding hydrogens is 463 g/mol. The summed E-state index contributed by atoms with van der Waals surface area (Å²) in [6, 6.07) is 11.9. The molecule has 0 spiro atoms. The number of aromatic nitrogens is 3. The zero-order valence-corrected chi connectivity index (χ0v) is 20.3. The van der Waals surface area contributed by atoms with E-state index < -0.39 is 5.82 Å². The average Bonchev–Trinajstić information content (AvgIpc) is 3.29. The number of halogens is 1. The first-order chi connectivity index (χ1) is 17.5. The number of nitrogen functional groups attached to an aromatic ring is 1.